The molecule has 1 aliphatic carbocycles. The number of rotatable bonds is 7. The lowest BCUT2D eigenvalue weighted by Gasteiger charge is -2.14. The Morgan fingerprint density at radius 2 is 1.96 bits per heavy atom. The van der Waals surface area contributed by atoms with Gasteiger partial charge in [-0.25, -0.2) is 0 Å². The van der Waals surface area contributed by atoms with Crippen LogP contribution in [0.4, 0.5) is 0 Å². The van der Waals surface area contributed by atoms with Crippen LogP contribution in [0.5, 0.6) is 0 Å². The number of amides is 1. The summed E-state index contributed by atoms with van der Waals surface area (Å²) in [6, 6.07) is 18.9. The zero-order chi connectivity index (χ0) is 19.5. The molecule has 1 atom stereocenters. The number of benzene rings is 2. The summed E-state index contributed by atoms with van der Waals surface area (Å²) < 4.78 is 2.07. The molecule has 1 amide bonds. The number of hydrogen-bond donors (Lipinski definition) is 1. The van der Waals surface area contributed by atoms with E-state index >= 15 is 0 Å². The summed E-state index contributed by atoms with van der Waals surface area (Å²) in [6.45, 7) is 4.00. The summed E-state index contributed by atoms with van der Waals surface area (Å²) in [7, 11) is 0. The Kier molecular flexibility index (Phi) is 5.48. The van der Waals surface area contributed by atoms with Crippen molar-refractivity contribution < 1.29 is 4.79 Å². The van der Waals surface area contributed by atoms with Gasteiger partial charge >= 0.3 is 0 Å². The molecule has 1 aliphatic rings. The van der Waals surface area contributed by atoms with Gasteiger partial charge in [0, 0.05) is 18.2 Å². The molecule has 0 saturated heterocycles. The summed E-state index contributed by atoms with van der Waals surface area (Å²) in [5.41, 5.74) is 3.38. The highest BCUT2D eigenvalue weighted by Gasteiger charge is 2.27. The summed E-state index contributed by atoms with van der Waals surface area (Å²) in [4.78, 5) is 12.4. The van der Waals surface area contributed by atoms with Crippen LogP contribution in [0.2, 0.25) is 0 Å². The molecule has 1 N–H and O–H groups in total. The van der Waals surface area contributed by atoms with E-state index in [0.29, 0.717) is 12.5 Å². The molecule has 1 fully saturated rings. The van der Waals surface area contributed by atoms with Crippen LogP contribution >= 0.6 is 11.8 Å². The van der Waals surface area contributed by atoms with Crippen LogP contribution < -0.4 is 5.32 Å². The highest BCUT2D eigenvalue weighted by molar-refractivity contribution is 8.00. The van der Waals surface area contributed by atoms with Crippen molar-refractivity contribution in [3.8, 4) is 5.69 Å². The van der Waals surface area contributed by atoms with Crippen molar-refractivity contribution in [2.45, 2.75) is 49.6 Å². The molecular weight excluding hydrogens is 368 g/mol. The normalized spacial score (nSPS) is 14.6. The summed E-state index contributed by atoms with van der Waals surface area (Å²) in [5, 5.41) is 12.5. The van der Waals surface area contributed by atoms with Gasteiger partial charge in [0.2, 0.25) is 5.91 Å². The predicted octanol–water partition coefficient (Wildman–Crippen LogP) is 3.93. The van der Waals surface area contributed by atoms with Gasteiger partial charge in [-0.05, 0) is 49.9 Å². The van der Waals surface area contributed by atoms with Crippen molar-refractivity contribution in [2.24, 2.45) is 0 Å². The molecule has 0 bridgehead atoms. The molecule has 0 spiro atoms. The molecule has 2 aromatic carbocycles. The highest BCUT2D eigenvalue weighted by atomic mass is 32.2. The zero-order valence-electron chi connectivity index (χ0n) is 16.1. The fraction of sp³-hybridized carbons (Fsp3) is 0.318. The number of hydrogen-bond acceptors (Lipinski definition) is 4. The summed E-state index contributed by atoms with van der Waals surface area (Å²) in [6.07, 6.45) is 2.86. The van der Waals surface area contributed by atoms with Gasteiger partial charge in [0.15, 0.2) is 5.16 Å². The maximum absolute atomic E-state index is 12.4. The molecule has 28 heavy (non-hydrogen) atoms. The van der Waals surface area contributed by atoms with Gasteiger partial charge in [0.05, 0.1) is 5.25 Å². The second-order valence-electron chi connectivity index (χ2n) is 7.28. The number of nitrogens with zero attached hydrogens (tertiary/aromatic N) is 3. The molecule has 1 aromatic heterocycles. The van der Waals surface area contributed by atoms with Gasteiger partial charge in [-0.3, -0.25) is 9.36 Å². The van der Waals surface area contributed by atoms with Gasteiger partial charge in [-0.15, -0.1) is 10.2 Å². The van der Waals surface area contributed by atoms with Gasteiger partial charge in [0.25, 0.3) is 0 Å². The highest BCUT2D eigenvalue weighted by Crippen LogP contribution is 2.28. The Balaban J connectivity index is 1.64. The molecule has 0 unspecified atom stereocenters. The molecule has 3 aromatic rings. The molecule has 1 saturated carbocycles. The standard InChI is InChI=1S/C22H24N4OS/c1-15-7-6-10-19(13-15)26-20(14-17-8-4-3-5-9-17)24-25-22(26)28-16(2)21(27)23-18-11-12-18/h3-10,13,16,18H,11-12,14H2,1-2H3,(H,23,27)/t16-/m0/s1. The average molecular weight is 393 g/mol. The van der Waals surface area contributed by atoms with Gasteiger partial charge in [-0.1, -0.05) is 54.2 Å². The van der Waals surface area contributed by atoms with Gasteiger partial charge in [-0.2, -0.15) is 0 Å². The van der Waals surface area contributed by atoms with Crippen molar-refractivity contribution in [3.63, 3.8) is 0 Å². The van der Waals surface area contributed by atoms with Crippen LogP contribution in [0.25, 0.3) is 5.69 Å². The van der Waals surface area contributed by atoms with Crippen LogP contribution in [0, 0.1) is 6.92 Å². The third kappa shape index (κ3) is 4.44. The zero-order valence-corrected chi connectivity index (χ0v) is 16.9. The second-order valence-corrected chi connectivity index (χ2v) is 8.59. The minimum Gasteiger partial charge on any atom is -0.352 e. The molecule has 1 heterocycles. The fourth-order valence-corrected chi connectivity index (χ4v) is 3.95. The lowest BCUT2D eigenvalue weighted by atomic mass is 10.1. The Morgan fingerprint density at radius 3 is 2.68 bits per heavy atom. The third-order valence-corrected chi connectivity index (χ3v) is 5.78. The third-order valence-electron chi connectivity index (χ3n) is 4.74. The van der Waals surface area contributed by atoms with E-state index in [2.05, 4.69) is 57.3 Å². The first-order valence-electron chi connectivity index (χ1n) is 9.62. The van der Waals surface area contributed by atoms with Gasteiger partial charge < -0.3 is 5.32 Å². The Morgan fingerprint density at radius 1 is 1.18 bits per heavy atom. The van der Waals surface area contributed by atoms with E-state index in [1.54, 1.807) is 0 Å². The monoisotopic (exact) mass is 392 g/mol. The lowest BCUT2D eigenvalue weighted by molar-refractivity contribution is -0.120. The predicted molar refractivity (Wildman–Crippen MR) is 112 cm³/mol. The topological polar surface area (TPSA) is 59.8 Å². The van der Waals surface area contributed by atoms with E-state index in [1.807, 2.05) is 31.2 Å². The number of thioether (sulfide) groups is 1. The molecule has 144 valence electrons. The molecule has 0 aliphatic heterocycles. The first kappa shape index (κ1) is 18.7. The first-order chi connectivity index (χ1) is 13.6. The molecule has 6 heteroatoms. The van der Waals surface area contributed by atoms with E-state index in [0.717, 1.165) is 29.5 Å². The number of carbonyl (C=O) groups excluding carboxylic acids is 1. The second kappa shape index (κ2) is 8.19. The van der Waals surface area contributed by atoms with Crippen LogP contribution in [0.3, 0.4) is 0 Å². The van der Waals surface area contributed by atoms with E-state index in [9.17, 15) is 4.79 Å². The molecule has 4 rings (SSSR count). The number of carbonyl (C=O) groups is 1. The SMILES string of the molecule is Cc1cccc(-n2c(Cc3ccccc3)nnc2S[C@@H](C)C(=O)NC2CC2)c1. The maximum atomic E-state index is 12.4. The number of nitrogens with one attached hydrogen (secondary N) is 1. The molecule has 0 radical (unpaired) electrons. The first-order valence-corrected chi connectivity index (χ1v) is 10.5. The van der Waals surface area contributed by atoms with E-state index in [1.165, 1.54) is 22.9 Å². The Bertz CT molecular complexity index is 966. The van der Waals surface area contributed by atoms with Crippen LogP contribution in [-0.4, -0.2) is 32.0 Å². The van der Waals surface area contributed by atoms with Crippen molar-refractivity contribution in [3.05, 3.63) is 71.5 Å². The quantitative estimate of drug-likeness (QED) is 0.619. The van der Waals surface area contributed by atoms with Crippen molar-refractivity contribution >= 4 is 17.7 Å². The number of aryl methyl sites for hydroxylation is 1. The van der Waals surface area contributed by atoms with Crippen LogP contribution in [-0.2, 0) is 11.2 Å². The van der Waals surface area contributed by atoms with Crippen molar-refractivity contribution in [2.75, 3.05) is 0 Å². The van der Waals surface area contributed by atoms with Crippen LogP contribution in [0.15, 0.2) is 59.8 Å². The van der Waals surface area contributed by atoms with E-state index < -0.39 is 0 Å². The lowest BCUT2D eigenvalue weighted by Crippen LogP contribution is -2.32. The minimum absolute atomic E-state index is 0.0656. The van der Waals surface area contributed by atoms with Crippen molar-refractivity contribution in [1.82, 2.24) is 20.1 Å². The Labute approximate surface area is 169 Å². The molecule has 5 nitrogen and oxygen atoms in total. The average Bonchev–Trinajstić information content (AvgIpc) is 3.42. The Hall–Kier alpha value is -2.60. The largest absolute Gasteiger partial charge is 0.352 e. The minimum atomic E-state index is -0.224. The number of aromatic nitrogens is 3. The van der Waals surface area contributed by atoms with Crippen molar-refractivity contribution in [1.29, 1.82) is 0 Å². The van der Waals surface area contributed by atoms with Gasteiger partial charge in [0.1, 0.15) is 5.82 Å². The molecular formula is C22H24N4OS. The van der Waals surface area contributed by atoms with E-state index in [4.69, 9.17) is 0 Å². The maximum Gasteiger partial charge on any atom is 0.233 e. The van der Waals surface area contributed by atoms with Crippen LogP contribution in [0.1, 0.15) is 36.7 Å². The summed E-state index contributed by atoms with van der Waals surface area (Å²) >= 11 is 1.46. The fourth-order valence-electron chi connectivity index (χ4n) is 3.05. The summed E-state index contributed by atoms with van der Waals surface area (Å²) in [5.74, 6) is 0.935. The van der Waals surface area contributed by atoms with E-state index in [-0.39, 0.29) is 11.2 Å². The smallest absolute Gasteiger partial charge is 0.233 e.